The summed E-state index contributed by atoms with van der Waals surface area (Å²) in [6.45, 7) is 11.4. The van der Waals surface area contributed by atoms with Crippen LogP contribution in [0.2, 0.25) is 0 Å². The number of imidazole rings is 1. The van der Waals surface area contributed by atoms with Crippen LogP contribution in [0.15, 0.2) is 24.3 Å². The molecule has 0 saturated heterocycles. The van der Waals surface area contributed by atoms with Crippen LogP contribution in [0, 0.1) is 0 Å². The lowest BCUT2D eigenvalue weighted by molar-refractivity contribution is -0.234. The number of rotatable bonds is 3. The van der Waals surface area contributed by atoms with Gasteiger partial charge in [-0.25, -0.2) is 4.98 Å². The van der Waals surface area contributed by atoms with E-state index >= 15 is 0 Å². The van der Waals surface area contributed by atoms with E-state index in [1.807, 2.05) is 59.8 Å². The van der Waals surface area contributed by atoms with Crippen molar-refractivity contribution in [1.82, 2.24) is 20.3 Å². The van der Waals surface area contributed by atoms with Crippen LogP contribution in [0.5, 0.6) is 0 Å². The number of para-hydroxylation sites is 1. The van der Waals surface area contributed by atoms with Crippen LogP contribution >= 0.6 is 12.4 Å². The van der Waals surface area contributed by atoms with Gasteiger partial charge in [-0.3, -0.25) is 4.79 Å². The number of H-pyrrole nitrogens is 1. The van der Waals surface area contributed by atoms with Gasteiger partial charge >= 0.3 is 0 Å². The van der Waals surface area contributed by atoms with Gasteiger partial charge in [0, 0.05) is 11.6 Å². The number of hydrogen-bond donors (Lipinski definition) is 2. The second-order valence-electron chi connectivity index (χ2n) is 7.98. The molecular formula is C19H26ClN4O2. The Kier molecular flexibility index (Phi) is 5.25. The van der Waals surface area contributed by atoms with Crippen LogP contribution < -0.4 is 5.32 Å². The van der Waals surface area contributed by atoms with Gasteiger partial charge in [-0.05, 0) is 53.7 Å². The maximum atomic E-state index is 12.6. The molecule has 2 heterocycles. The van der Waals surface area contributed by atoms with E-state index in [1.165, 1.54) is 0 Å². The Labute approximate surface area is 160 Å². The maximum Gasteiger partial charge on any atom is 0.253 e. The molecule has 1 aromatic heterocycles. The van der Waals surface area contributed by atoms with Gasteiger partial charge < -0.3 is 10.3 Å². The van der Waals surface area contributed by atoms with E-state index in [0.29, 0.717) is 16.9 Å². The molecule has 1 aliphatic heterocycles. The van der Waals surface area contributed by atoms with Crippen molar-refractivity contribution in [2.24, 2.45) is 0 Å². The van der Waals surface area contributed by atoms with Crippen molar-refractivity contribution in [3.8, 4) is 0 Å². The molecule has 0 unspecified atom stereocenters. The monoisotopic (exact) mass is 377 g/mol. The number of amides is 1. The number of aromatic amines is 1. The third kappa shape index (κ3) is 3.24. The fraction of sp³-hybridized carbons (Fsp3) is 0.474. The Hall–Kier alpha value is -1.89. The minimum Gasteiger partial charge on any atom is -0.350 e. The summed E-state index contributed by atoms with van der Waals surface area (Å²) in [7, 11) is 0. The predicted octanol–water partition coefficient (Wildman–Crippen LogP) is 3.72. The Bertz CT molecular complexity index is 868. The van der Waals surface area contributed by atoms with Gasteiger partial charge in [0.2, 0.25) is 0 Å². The van der Waals surface area contributed by atoms with Crippen molar-refractivity contribution in [1.29, 1.82) is 0 Å². The summed E-state index contributed by atoms with van der Waals surface area (Å²) < 4.78 is 0. The highest BCUT2D eigenvalue weighted by atomic mass is 35.5. The molecule has 3 rings (SSSR count). The van der Waals surface area contributed by atoms with Gasteiger partial charge in [-0.2, -0.15) is 0 Å². The first-order valence-electron chi connectivity index (χ1n) is 8.55. The first-order valence-corrected chi connectivity index (χ1v) is 8.55. The van der Waals surface area contributed by atoms with Crippen LogP contribution in [-0.4, -0.2) is 38.1 Å². The number of aromatic nitrogens is 2. The molecule has 1 aliphatic rings. The van der Waals surface area contributed by atoms with Crippen LogP contribution in [-0.2, 0) is 5.21 Å². The molecule has 2 N–H and O–H groups in total. The SMILES string of the molecule is CC(C)NC(=O)c1cccc2[nH]c(C3=CC(C)(C)N([O])C3(C)C)nc12.Cl. The topological polar surface area (TPSA) is 80.9 Å². The molecule has 0 spiro atoms. The number of halogens is 1. The molecule has 0 fully saturated rings. The summed E-state index contributed by atoms with van der Waals surface area (Å²) in [6.07, 6.45) is 1.95. The number of carbonyl (C=O) groups excluding carboxylic acids is 1. The van der Waals surface area contributed by atoms with Gasteiger partial charge in [-0.15, -0.1) is 22.7 Å². The minimum absolute atomic E-state index is 0. The summed E-state index contributed by atoms with van der Waals surface area (Å²) >= 11 is 0. The fourth-order valence-corrected chi connectivity index (χ4v) is 3.46. The summed E-state index contributed by atoms with van der Waals surface area (Å²) in [5.74, 6) is 0.486. The lowest BCUT2D eigenvalue weighted by atomic mass is 9.96. The Balaban J connectivity index is 0.00000243. The van der Waals surface area contributed by atoms with Crippen LogP contribution in [0.3, 0.4) is 0 Å². The lowest BCUT2D eigenvalue weighted by Crippen LogP contribution is -2.46. The number of carbonyl (C=O) groups is 1. The van der Waals surface area contributed by atoms with Crippen molar-refractivity contribution in [2.75, 3.05) is 0 Å². The zero-order chi connectivity index (χ0) is 18.6. The van der Waals surface area contributed by atoms with Gasteiger partial charge in [0.15, 0.2) is 0 Å². The van der Waals surface area contributed by atoms with Crippen molar-refractivity contribution in [2.45, 2.75) is 58.7 Å². The largest absolute Gasteiger partial charge is 0.350 e. The number of hydroxylamine groups is 2. The van der Waals surface area contributed by atoms with E-state index in [4.69, 9.17) is 0 Å². The predicted molar refractivity (Wildman–Crippen MR) is 105 cm³/mol. The highest BCUT2D eigenvalue weighted by molar-refractivity contribution is 6.05. The standard InChI is InChI=1S/C19H25N4O2.ClH/c1-11(2)20-17(24)12-8-7-9-14-15(12)22-16(21-14)13-10-18(3,4)23(25)19(13,5)6;/h7-11H,1-6H3,(H,20,24)(H,21,22);1H. The molecule has 7 heteroatoms. The fourth-order valence-electron chi connectivity index (χ4n) is 3.46. The Morgan fingerprint density at radius 2 is 1.88 bits per heavy atom. The molecule has 2 aromatic rings. The van der Waals surface area contributed by atoms with E-state index < -0.39 is 11.1 Å². The number of hydrogen-bond acceptors (Lipinski definition) is 3. The summed E-state index contributed by atoms with van der Waals surface area (Å²) in [5.41, 5.74) is 1.48. The van der Waals surface area contributed by atoms with Crippen molar-refractivity contribution < 1.29 is 10.0 Å². The number of benzene rings is 1. The number of nitrogens with one attached hydrogen (secondary N) is 2. The highest BCUT2D eigenvalue weighted by Gasteiger charge is 2.47. The quantitative estimate of drug-likeness (QED) is 0.855. The molecule has 1 aromatic carbocycles. The summed E-state index contributed by atoms with van der Waals surface area (Å²) in [4.78, 5) is 20.4. The van der Waals surface area contributed by atoms with E-state index in [9.17, 15) is 10.0 Å². The lowest BCUT2D eigenvalue weighted by Gasteiger charge is -2.33. The molecule has 0 aliphatic carbocycles. The molecular weight excluding hydrogens is 352 g/mol. The number of fused-ring (bicyclic) bond motifs is 1. The molecule has 6 nitrogen and oxygen atoms in total. The minimum atomic E-state index is -0.697. The molecule has 0 saturated carbocycles. The second-order valence-corrected chi connectivity index (χ2v) is 7.98. The maximum absolute atomic E-state index is 12.6. The second kappa shape index (κ2) is 6.68. The van der Waals surface area contributed by atoms with Gasteiger partial charge in [0.25, 0.3) is 5.91 Å². The molecule has 0 bridgehead atoms. The van der Waals surface area contributed by atoms with E-state index in [2.05, 4.69) is 15.3 Å². The van der Waals surface area contributed by atoms with Gasteiger partial charge in [-0.1, -0.05) is 12.1 Å². The Morgan fingerprint density at radius 3 is 2.42 bits per heavy atom. The molecule has 1 amide bonds. The van der Waals surface area contributed by atoms with Crippen LogP contribution in [0.1, 0.15) is 57.7 Å². The zero-order valence-electron chi connectivity index (χ0n) is 16.0. The third-order valence-corrected chi connectivity index (χ3v) is 4.62. The first kappa shape index (κ1) is 20.4. The summed E-state index contributed by atoms with van der Waals surface area (Å²) in [5, 5.41) is 16.6. The van der Waals surface area contributed by atoms with E-state index in [0.717, 1.165) is 16.2 Å². The van der Waals surface area contributed by atoms with Crippen LogP contribution in [0.25, 0.3) is 16.6 Å². The highest BCUT2D eigenvalue weighted by Crippen LogP contribution is 2.43. The summed E-state index contributed by atoms with van der Waals surface area (Å²) in [6, 6.07) is 5.54. The molecule has 1 radical (unpaired) electrons. The van der Waals surface area contributed by atoms with E-state index in [1.54, 1.807) is 6.07 Å². The normalized spacial score (nSPS) is 18.7. The number of nitrogens with zero attached hydrogens (tertiary/aromatic N) is 2. The third-order valence-electron chi connectivity index (χ3n) is 4.62. The van der Waals surface area contributed by atoms with Crippen molar-refractivity contribution in [3.05, 3.63) is 35.7 Å². The molecule has 26 heavy (non-hydrogen) atoms. The van der Waals surface area contributed by atoms with Gasteiger partial charge in [0.05, 0.1) is 22.2 Å². The van der Waals surface area contributed by atoms with Crippen molar-refractivity contribution in [3.63, 3.8) is 0 Å². The van der Waals surface area contributed by atoms with Crippen molar-refractivity contribution >= 4 is 34.9 Å². The average molecular weight is 378 g/mol. The first-order chi connectivity index (χ1) is 11.5. The van der Waals surface area contributed by atoms with Crippen LogP contribution in [0.4, 0.5) is 0 Å². The zero-order valence-corrected chi connectivity index (χ0v) is 16.8. The van der Waals surface area contributed by atoms with Gasteiger partial charge in [0.1, 0.15) is 11.3 Å². The molecule has 0 atom stereocenters. The average Bonchev–Trinajstić information content (AvgIpc) is 2.99. The smallest absolute Gasteiger partial charge is 0.253 e. The molecule has 141 valence electrons. The Morgan fingerprint density at radius 1 is 1.23 bits per heavy atom. The van der Waals surface area contributed by atoms with E-state index in [-0.39, 0.29) is 24.4 Å².